The highest BCUT2D eigenvalue weighted by Crippen LogP contribution is 2.32. The third kappa shape index (κ3) is 3.81. The van der Waals surface area contributed by atoms with Crippen LogP contribution in [0.15, 0.2) is 63.6 Å². The third-order valence-electron chi connectivity index (χ3n) is 5.42. The van der Waals surface area contributed by atoms with Crippen LogP contribution >= 0.6 is 11.3 Å². The Morgan fingerprint density at radius 2 is 2.00 bits per heavy atom. The first kappa shape index (κ1) is 22.3. The van der Waals surface area contributed by atoms with Gasteiger partial charge in [0, 0.05) is 34.7 Å². The van der Waals surface area contributed by atoms with Crippen molar-refractivity contribution in [3.8, 4) is 17.2 Å². The summed E-state index contributed by atoms with van der Waals surface area (Å²) in [5, 5.41) is 11.4. The van der Waals surface area contributed by atoms with Gasteiger partial charge in [-0.2, -0.15) is 0 Å². The number of hydrogen-bond acceptors (Lipinski definition) is 7. The fourth-order valence-corrected chi connectivity index (χ4v) is 4.65. The van der Waals surface area contributed by atoms with E-state index in [9.17, 15) is 19.5 Å². The summed E-state index contributed by atoms with van der Waals surface area (Å²) in [4.78, 5) is 43.9. The summed E-state index contributed by atoms with van der Waals surface area (Å²) in [6.07, 6.45) is 1.66. The van der Waals surface area contributed by atoms with E-state index in [0.717, 1.165) is 33.9 Å². The predicted octanol–water partition coefficient (Wildman–Crippen LogP) is 3.71. The molecule has 3 heterocycles. The van der Waals surface area contributed by atoms with Crippen molar-refractivity contribution in [3.05, 3.63) is 91.1 Å². The quantitative estimate of drug-likeness (QED) is 0.370. The maximum absolute atomic E-state index is 15.0. The molecule has 3 aromatic heterocycles. The zero-order chi connectivity index (χ0) is 24.7. The van der Waals surface area contributed by atoms with E-state index >= 15 is 4.39 Å². The van der Waals surface area contributed by atoms with Crippen molar-refractivity contribution in [1.82, 2.24) is 14.5 Å². The van der Waals surface area contributed by atoms with Crippen LogP contribution in [0.25, 0.3) is 27.5 Å². The van der Waals surface area contributed by atoms with Crippen LogP contribution in [0.4, 0.5) is 4.39 Å². The van der Waals surface area contributed by atoms with Crippen molar-refractivity contribution < 1.29 is 23.8 Å². The smallest absolute Gasteiger partial charge is 0.346 e. The van der Waals surface area contributed by atoms with Crippen LogP contribution in [0.2, 0.25) is 0 Å². The molecular formula is C24H16FN3O6S. The number of nitrogens with one attached hydrogen (secondary N) is 1. The summed E-state index contributed by atoms with van der Waals surface area (Å²) in [6, 6.07) is 11.5. The molecule has 35 heavy (non-hydrogen) atoms. The fourth-order valence-electron chi connectivity index (χ4n) is 3.82. The monoisotopic (exact) mass is 493 g/mol. The van der Waals surface area contributed by atoms with Crippen LogP contribution in [0.3, 0.4) is 0 Å². The highest BCUT2D eigenvalue weighted by atomic mass is 32.1. The molecule has 11 heteroatoms. The van der Waals surface area contributed by atoms with Gasteiger partial charge < -0.3 is 19.6 Å². The normalized spacial score (nSPS) is 11.1. The van der Waals surface area contributed by atoms with Gasteiger partial charge in [-0.25, -0.2) is 18.5 Å². The number of carboxylic acids is 1. The van der Waals surface area contributed by atoms with E-state index in [0.29, 0.717) is 4.57 Å². The lowest BCUT2D eigenvalue weighted by molar-refractivity contribution is 0.0704. The number of aromatic nitrogens is 3. The van der Waals surface area contributed by atoms with Crippen LogP contribution in [-0.2, 0) is 6.61 Å². The number of carbonyl (C=O) groups is 1. The molecule has 5 rings (SSSR count). The zero-order valence-corrected chi connectivity index (χ0v) is 18.9. The molecule has 2 N–H and O–H groups in total. The number of H-pyrrole nitrogens is 1. The van der Waals surface area contributed by atoms with Crippen molar-refractivity contribution >= 4 is 39.1 Å². The van der Waals surface area contributed by atoms with Gasteiger partial charge in [-0.05, 0) is 6.07 Å². The Morgan fingerprint density at radius 3 is 2.77 bits per heavy atom. The number of fused-ring (bicyclic) bond motifs is 2. The molecular weight excluding hydrogens is 477 g/mol. The van der Waals surface area contributed by atoms with E-state index in [1.165, 1.54) is 18.6 Å². The van der Waals surface area contributed by atoms with E-state index in [2.05, 4.69) is 9.97 Å². The number of nitrogens with zero attached hydrogens (tertiary/aromatic N) is 2. The summed E-state index contributed by atoms with van der Waals surface area (Å²) in [7, 11) is 1.33. The van der Waals surface area contributed by atoms with Gasteiger partial charge >= 0.3 is 11.7 Å². The number of aromatic amines is 1. The second-order valence-corrected chi connectivity index (χ2v) is 8.34. The van der Waals surface area contributed by atoms with Crippen molar-refractivity contribution in [3.63, 3.8) is 0 Å². The largest absolute Gasteiger partial charge is 0.493 e. The fraction of sp³-hybridized carbons (Fsp3) is 0.0833. The van der Waals surface area contributed by atoms with Crippen molar-refractivity contribution in [1.29, 1.82) is 0 Å². The first-order valence-corrected chi connectivity index (χ1v) is 11.1. The second-order valence-electron chi connectivity index (χ2n) is 7.46. The minimum Gasteiger partial charge on any atom is -0.493 e. The second kappa shape index (κ2) is 8.69. The van der Waals surface area contributed by atoms with Crippen molar-refractivity contribution in [2.24, 2.45) is 0 Å². The van der Waals surface area contributed by atoms with Crippen molar-refractivity contribution in [2.45, 2.75) is 6.61 Å². The molecule has 0 aliphatic carbocycles. The maximum atomic E-state index is 15.0. The van der Waals surface area contributed by atoms with Crippen LogP contribution in [0.1, 0.15) is 15.2 Å². The molecule has 9 nitrogen and oxygen atoms in total. The molecule has 176 valence electrons. The van der Waals surface area contributed by atoms with Crippen LogP contribution in [0, 0.1) is 5.82 Å². The lowest BCUT2D eigenvalue weighted by atomic mass is 10.1. The first-order valence-electron chi connectivity index (χ1n) is 10.2. The van der Waals surface area contributed by atoms with Gasteiger partial charge in [0.25, 0.3) is 5.56 Å². The molecule has 0 unspecified atom stereocenters. The van der Waals surface area contributed by atoms with Gasteiger partial charge in [-0.15, -0.1) is 11.3 Å². The number of hydrogen-bond donors (Lipinski definition) is 2. The maximum Gasteiger partial charge on any atom is 0.346 e. The standard InChI is InChI=1S/C24H16FN3O6S/c1-33-17-8-14(25)16(28-22(29)19-15(27-24(28)32)11-35-21(19)23(30)31)9-18(17)34-10-13-5-2-4-12-6-3-7-26-20(12)13/h2-9,11H,10H2,1H3,(H,27,32)(H,30,31). The van der Waals surface area contributed by atoms with Gasteiger partial charge in [-0.3, -0.25) is 9.78 Å². The average Bonchev–Trinajstić information content (AvgIpc) is 3.28. The number of thiophene rings is 1. The summed E-state index contributed by atoms with van der Waals surface area (Å²) in [6.45, 7) is 0.0494. The molecule has 0 bridgehead atoms. The van der Waals surface area contributed by atoms with E-state index in [-0.39, 0.29) is 33.9 Å². The minimum absolute atomic E-state index is 0.0479. The summed E-state index contributed by atoms with van der Waals surface area (Å²) in [5.74, 6) is -2.14. The highest BCUT2D eigenvalue weighted by Gasteiger charge is 2.22. The number of ether oxygens (including phenoxy) is 2. The molecule has 5 aromatic rings. The Morgan fingerprint density at radius 1 is 1.20 bits per heavy atom. The topological polar surface area (TPSA) is 124 Å². The number of carboxylic acid groups (broad SMARTS) is 1. The molecule has 2 aromatic carbocycles. The van der Waals surface area contributed by atoms with Gasteiger partial charge in [0.05, 0.1) is 29.2 Å². The lowest BCUT2D eigenvalue weighted by Gasteiger charge is -2.15. The summed E-state index contributed by atoms with van der Waals surface area (Å²) >= 11 is 0.790. The van der Waals surface area contributed by atoms with Gasteiger partial charge in [-0.1, -0.05) is 24.3 Å². The third-order valence-corrected chi connectivity index (χ3v) is 6.39. The minimum atomic E-state index is -1.33. The number of methoxy groups -OCH3 is 1. The number of benzene rings is 2. The molecule has 0 radical (unpaired) electrons. The average molecular weight is 493 g/mol. The highest BCUT2D eigenvalue weighted by molar-refractivity contribution is 7.13. The number of pyridine rings is 1. The summed E-state index contributed by atoms with van der Waals surface area (Å²) < 4.78 is 26.7. The zero-order valence-electron chi connectivity index (χ0n) is 18.1. The van der Waals surface area contributed by atoms with Crippen LogP contribution < -0.4 is 20.7 Å². The Bertz CT molecular complexity index is 1730. The van der Waals surface area contributed by atoms with Gasteiger partial charge in [0.2, 0.25) is 0 Å². The summed E-state index contributed by atoms with van der Waals surface area (Å²) in [5.41, 5.74) is -0.744. The van der Waals surface area contributed by atoms with E-state index in [4.69, 9.17) is 9.47 Å². The molecule has 0 amide bonds. The molecule has 0 spiro atoms. The molecule has 0 aliphatic rings. The van der Waals surface area contributed by atoms with Crippen LogP contribution in [0.5, 0.6) is 11.5 Å². The van der Waals surface area contributed by atoms with E-state index in [1.807, 2.05) is 30.3 Å². The van der Waals surface area contributed by atoms with Crippen LogP contribution in [-0.4, -0.2) is 32.7 Å². The Balaban J connectivity index is 1.62. The number of para-hydroxylation sites is 1. The lowest BCUT2D eigenvalue weighted by Crippen LogP contribution is -2.34. The predicted molar refractivity (Wildman–Crippen MR) is 128 cm³/mol. The number of aromatic carboxylic acids is 1. The SMILES string of the molecule is COc1cc(F)c(-n2c(=O)[nH]c3csc(C(=O)O)c3c2=O)cc1OCc1cccc2cccnc12. The van der Waals surface area contributed by atoms with Crippen molar-refractivity contribution in [2.75, 3.05) is 7.11 Å². The molecule has 0 saturated heterocycles. The number of halogens is 1. The number of rotatable bonds is 6. The Labute approximate surface area is 199 Å². The Hall–Kier alpha value is -4.51. The Kier molecular flexibility index (Phi) is 5.53. The molecule has 0 saturated carbocycles. The van der Waals surface area contributed by atoms with E-state index < -0.39 is 28.7 Å². The van der Waals surface area contributed by atoms with Gasteiger partial charge in [0.15, 0.2) is 17.3 Å². The first-order chi connectivity index (χ1) is 16.9. The van der Waals surface area contributed by atoms with Gasteiger partial charge in [0.1, 0.15) is 11.5 Å². The molecule has 0 aliphatic heterocycles. The van der Waals surface area contributed by atoms with E-state index in [1.54, 1.807) is 6.20 Å². The molecule has 0 fully saturated rings. The molecule has 0 atom stereocenters.